The molecule has 2 rings (SSSR count). The van der Waals surface area contributed by atoms with Crippen LogP contribution in [0.2, 0.25) is 0 Å². The molecule has 0 saturated heterocycles. The summed E-state index contributed by atoms with van der Waals surface area (Å²) in [6, 6.07) is 5.71. The summed E-state index contributed by atoms with van der Waals surface area (Å²) in [7, 11) is 0. The third-order valence-corrected chi connectivity index (χ3v) is 1.83. The molecular weight excluding hydrogens is 164 g/mol. The van der Waals surface area contributed by atoms with E-state index in [0.717, 1.165) is 11.3 Å². The van der Waals surface area contributed by atoms with Gasteiger partial charge in [0, 0.05) is 18.0 Å². The Balaban J connectivity index is 2.32. The first-order chi connectivity index (χ1) is 6.38. The van der Waals surface area contributed by atoms with Crippen LogP contribution in [0.5, 0.6) is 0 Å². The van der Waals surface area contributed by atoms with Crippen LogP contribution in [0.1, 0.15) is 5.69 Å². The Morgan fingerprint density at radius 1 is 1.38 bits per heavy atom. The van der Waals surface area contributed by atoms with Crippen molar-refractivity contribution in [3.8, 4) is 0 Å². The topological polar surface area (TPSA) is 63.3 Å². The predicted molar refractivity (Wildman–Crippen MR) is 51.8 cm³/mol. The predicted octanol–water partition coefficient (Wildman–Crippen LogP) is 0.339. The van der Waals surface area contributed by atoms with Crippen molar-refractivity contribution >= 4 is 11.9 Å². The van der Waals surface area contributed by atoms with E-state index in [4.69, 9.17) is 5.73 Å². The second-order valence-electron chi connectivity index (χ2n) is 2.70. The molecule has 1 aliphatic heterocycles. The lowest BCUT2D eigenvalue weighted by molar-refractivity contribution is 0.868. The van der Waals surface area contributed by atoms with Crippen LogP contribution >= 0.6 is 0 Å². The molecule has 0 bridgehead atoms. The molecule has 3 N–H and O–H groups in total. The van der Waals surface area contributed by atoms with E-state index >= 15 is 0 Å². The van der Waals surface area contributed by atoms with E-state index in [-0.39, 0.29) is 6.17 Å². The van der Waals surface area contributed by atoms with Gasteiger partial charge in [-0.2, -0.15) is 0 Å². The summed E-state index contributed by atoms with van der Waals surface area (Å²) < 4.78 is 0. The Kier molecular flexibility index (Phi) is 2.06. The molecule has 1 atom stereocenters. The molecule has 4 heteroatoms. The normalized spacial score (nSPS) is 20.7. The second kappa shape index (κ2) is 3.37. The van der Waals surface area contributed by atoms with E-state index in [1.54, 1.807) is 12.5 Å². The monoisotopic (exact) mass is 174 g/mol. The van der Waals surface area contributed by atoms with Crippen LogP contribution in [0.4, 0.5) is 0 Å². The van der Waals surface area contributed by atoms with Gasteiger partial charge in [-0.1, -0.05) is 6.07 Å². The average Bonchev–Trinajstić information content (AvgIpc) is 2.20. The molecule has 1 aliphatic rings. The summed E-state index contributed by atoms with van der Waals surface area (Å²) >= 11 is 0. The molecule has 0 saturated carbocycles. The van der Waals surface area contributed by atoms with Gasteiger partial charge in [-0.25, -0.2) is 0 Å². The highest BCUT2D eigenvalue weighted by atomic mass is 15.0. The van der Waals surface area contributed by atoms with Gasteiger partial charge in [-0.05, 0) is 12.1 Å². The van der Waals surface area contributed by atoms with Crippen molar-refractivity contribution in [3.63, 3.8) is 0 Å². The van der Waals surface area contributed by atoms with Crippen LogP contribution in [-0.4, -0.2) is 17.5 Å². The largest absolute Gasteiger partial charge is 0.352 e. The van der Waals surface area contributed by atoms with Crippen LogP contribution < -0.4 is 11.1 Å². The zero-order valence-corrected chi connectivity index (χ0v) is 7.01. The fraction of sp³-hybridized carbons (Fsp3) is 0.111. The van der Waals surface area contributed by atoms with Crippen molar-refractivity contribution in [1.29, 1.82) is 0 Å². The number of hydrogen-bond donors (Lipinski definition) is 2. The number of nitrogens with zero attached hydrogens (tertiary/aromatic N) is 2. The molecule has 1 aromatic rings. The highest BCUT2D eigenvalue weighted by Gasteiger charge is 2.12. The van der Waals surface area contributed by atoms with Gasteiger partial charge < -0.3 is 11.1 Å². The molecule has 0 aliphatic carbocycles. The number of rotatable bonds is 1. The maximum atomic E-state index is 5.76. The van der Waals surface area contributed by atoms with E-state index in [1.165, 1.54) is 0 Å². The Labute approximate surface area is 76.2 Å². The lowest BCUT2D eigenvalue weighted by Crippen LogP contribution is -2.26. The zero-order valence-electron chi connectivity index (χ0n) is 7.01. The van der Waals surface area contributed by atoms with Crippen molar-refractivity contribution in [2.45, 2.75) is 6.17 Å². The van der Waals surface area contributed by atoms with Gasteiger partial charge in [-0.3, -0.25) is 9.98 Å². The lowest BCUT2D eigenvalue weighted by atomic mass is 10.1. The van der Waals surface area contributed by atoms with Crippen molar-refractivity contribution in [3.05, 3.63) is 36.3 Å². The number of aromatic nitrogens is 1. The van der Waals surface area contributed by atoms with Crippen LogP contribution in [-0.2, 0) is 0 Å². The van der Waals surface area contributed by atoms with E-state index in [1.807, 2.05) is 24.4 Å². The van der Waals surface area contributed by atoms with Crippen LogP contribution in [0.3, 0.4) is 0 Å². The minimum Gasteiger partial charge on any atom is -0.352 e. The smallest absolute Gasteiger partial charge is 0.128 e. The minimum absolute atomic E-state index is 0.309. The van der Waals surface area contributed by atoms with E-state index in [2.05, 4.69) is 15.3 Å². The first-order valence-electron chi connectivity index (χ1n) is 4.02. The third-order valence-electron chi connectivity index (χ3n) is 1.83. The number of nitrogens with two attached hydrogens (primary N) is 1. The van der Waals surface area contributed by atoms with Crippen molar-refractivity contribution in [1.82, 2.24) is 10.3 Å². The first kappa shape index (κ1) is 7.94. The molecular formula is C9H10N4. The standard InChI is InChI=1S/C9H10N4/c10-9-7(5-11-6-13-9)8-3-1-2-4-12-8/h1-6,9H,10H2,(H,11,13). The molecule has 0 radical (unpaired) electrons. The number of pyridine rings is 1. The molecule has 13 heavy (non-hydrogen) atoms. The summed E-state index contributed by atoms with van der Waals surface area (Å²) in [5.41, 5.74) is 7.53. The van der Waals surface area contributed by atoms with Gasteiger partial charge in [0.15, 0.2) is 0 Å². The molecule has 4 nitrogen and oxygen atoms in total. The lowest BCUT2D eigenvalue weighted by Gasteiger charge is -2.14. The first-order valence-corrected chi connectivity index (χ1v) is 4.02. The quantitative estimate of drug-likeness (QED) is 0.645. The highest BCUT2D eigenvalue weighted by Crippen LogP contribution is 2.15. The van der Waals surface area contributed by atoms with E-state index < -0.39 is 0 Å². The molecule has 1 unspecified atom stereocenters. The van der Waals surface area contributed by atoms with Gasteiger partial charge in [0.25, 0.3) is 0 Å². The number of nitrogens with one attached hydrogen (secondary N) is 1. The van der Waals surface area contributed by atoms with E-state index in [0.29, 0.717) is 0 Å². The minimum atomic E-state index is -0.309. The van der Waals surface area contributed by atoms with Gasteiger partial charge in [0.05, 0.1) is 12.0 Å². The summed E-state index contributed by atoms with van der Waals surface area (Å²) in [5.74, 6) is 0. The second-order valence-corrected chi connectivity index (χ2v) is 2.70. The molecule has 2 heterocycles. The summed E-state index contributed by atoms with van der Waals surface area (Å²) in [6.07, 6.45) is 4.83. The fourth-order valence-electron chi connectivity index (χ4n) is 1.18. The van der Waals surface area contributed by atoms with Crippen molar-refractivity contribution in [2.75, 3.05) is 0 Å². The van der Waals surface area contributed by atoms with Gasteiger partial charge in [0.1, 0.15) is 6.17 Å². The van der Waals surface area contributed by atoms with Crippen molar-refractivity contribution < 1.29 is 0 Å². The third kappa shape index (κ3) is 1.57. The Hall–Kier alpha value is -1.68. The fourth-order valence-corrected chi connectivity index (χ4v) is 1.18. The Morgan fingerprint density at radius 2 is 2.31 bits per heavy atom. The van der Waals surface area contributed by atoms with Crippen LogP contribution in [0, 0.1) is 0 Å². The molecule has 0 aromatic carbocycles. The van der Waals surface area contributed by atoms with Crippen LogP contribution in [0.15, 0.2) is 35.6 Å². The molecule has 0 spiro atoms. The maximum Gasteiger partial charge on any atom is 0.128 e. The SMILES string of the molecule is NC1N=CNC=C1c1ccccn1. The summed E-state index contributed by atoms with van der Waals surface area (Å²) in [4.78, 5) is 8.21. The number of hydrogen-bond acceptors (Lipinski definition) is 4. The van der Waals surface area contributed by atoms with Gasteiger partial charge in [-0.15, -0.1) is 0 Å². The maximum absolute atomic E-state index is 5.76. The van der Waals surface area contributed by atoms with E-state index in [9.17, 15) is 0 Å². The molecule has 1 aromatic heterocycles. The highest BCUT2D eigenvalue weighted by molar-refractivity contribution is 5.74. The van der Waals surface area contributed by atoms with Crippen molar-refractivity contribution in [2.24, 2.45) is 10.7 Å². The molecule has 0 amide bonds. The Bertz CT molecular complexity index is 342. The number of aliphatic imine (C=N–C) groups is 1. The molecule has 0 fully saturated rings. The Morgan fingerprint density at radius 3 is 3.00 bits per heavy atom. The van der Waals surface area contributed by atoms with Gasteiger partial charge in [0.2, 0.25) is 0 Å². The van der Waals surface area contributed by atoms with Crippen LogP contribution in [0.25, 0.3) is 5.57 Å². The van der Waals surface area contributed by atoms with Gasteiger partial charge >= 0.3 is 0 Å². The summed E-state index contributed by atoms with van der Waals surface area (Å²) in [5, 5.41) is 2.89. The molecule has 66 valence electrons. The zero-order chi connectivity index (χ0) is 9.10. The summed E-state index contributed by atoms with van der Waals surface area (Å²) in [6.45, 7) is 0. The average molecular weight is 174 g/mol.